The van der Waals surface area contributed by atoms with Crippen LogP contribution < -0.4 is 10.5 Å². The molecule has 19 heavy (non-hydrogen) atoms. The number of alkyl halides is 3. The fourth-order valence-corrected chi connectivity index (χ4v) is 1.32. The van der Waals surface area contributed by atoms with Crippen LogP contribution in [-0.4, -0.2) is 27.2 Å². The number of nitrogen functional groups attached to an aromatic ring is 1. The van der Waals surface area contributed by atoms with Gasteiger partial charge in [0.15, 0.2) is 5.82 Å². The Morgan fingerprint density at radius 2 is 2.11 bits per heavy atom. The second kappa shape index (κ2) is 4.26. The fourth-order valence-electron chi connectivity index (χ4n) is 1.32. The molecule has 0 atom stereocenters. The van der Waals surface area contributed by atoms with Crippen LogP contribution in [0.4, 0.5) is 19.0 Å². The van der Waals surface area contributed by atoms with E-state index in [1.807, 2.05) is 0 Å². The summed E-state index contributed by atoms with van der Waals surface area (Å²) < 4.78 is 40.5. The van der Waals surface area contributed by atoms with Crippen LogP contribution in [-0.2, 0) is 4.79 Å². The zero-order valence-electron chi connectivity index (χ0n) is 9.10. The summed E-state index contributed by atoms with van der Waals surface area (Å²) in [7, 11) is 0. The molecule has 0 saturated carbocycles. The molecule has 3 N–H and O–H groups in total. The molecule has 0 aromatic carbocycles. The maximum Gasteiger partial charge on any atom is 0.491 e. The van der Waals surface area contributed by atoms with E-state index in [9.17, 15) is 23.1 Å². The highest BCUT2D eigenvalue weighted by molar-refractivity contribution is 5.90. The van der Waals surface area contributed by atoms with E-state index in [1.165, 1.54) is 18.3 Å². The highest BCUT2D eigenvalue weighted by atomic mass is 19.4. The third-order valence-electron chi connectivity index (χ3n) is 2.13. The minimum absolute atomic E-state index is 0.0859. The Labute approximate surface area is 103 Å². The van der Waals surface area contributed by atoms with Crippen LogP contribution in [0.25, 0.3) is 11.0 Å². The normalized spacial score (nSPS) is 11.5. The molecule has 0 amide bonds. The largest absolute Gasteiger partial charge is 0.502 e. The summed E-state index contributed by atoms with van der Waals surface area (Å²) in [6.07, 6.45) is -3.96. The molecule has 0 spiro atoms. The second-order valence-electron chi connectivity index (χ2n) is 3.43. The van der Waals surface area contributed by atoms with Gasteiger partial charge in [0.25, 0.3) is 0 Å². The minimum Gasteiger partial charge on any atom is -0.502 e. The van der Waals surface area contributed by atoms with E-state index < -0.39 is 29.5 Å². The van der Waals surface area contributed by atoms with Crippen LogP contribution in [0.2, 0.25) is 0 Å². The summed E-state index contributed by atoms with van der Waals surface area (Å²) in [6, 6.07) is 2.85. The van der Waals surface area contributed by atoms with E-state index in [2.05, 4.69) is 14.7 Å². The number of hydrogen-bond acceptors (Lipinski definition) is 6. The number of aromatic hydroxyl groups is 1. The Morgan fingerprint density at radius 1 is 1.42 bits per heavy atom. The van der Waals surface area contributed by atoms with Gasteiger partial charge < -0.3 is 15.6 Å². The maximum atomic E-state index is 12.1. The molecule has 0 fully saturated rings. The monoisotopic (exact) mass is 273 g/mol. The van der Waals surface area contributed by atoms with E-state index in [0.29, 0.717) is 0 Å². The number of nitrogens with zero attached hydrogens (tertiary/aromatic N) is 2. The van der Waals surface area contributed by atoms with Gasteiger partial charge in [0.1, 0.15) is 5.52 Å². The average Bonchev–Trinajstić information content (AvgIpc) is 2.33. The molecule has 2 heterocycles. The van der Waals surface area contributed by atoms with Crippen molar-refractivity contribution in [3.63, 3.8) is 0 Å². The number of fused-ring (bicyclic) bond motifs is 1. The first kappa shape index (κ1) is 12.9. The second-order valence-corrected chi connectivity index (χ2v) is 3.43. The molecule has 2 aromatic rings. The Bertz CT molecular complexity index is 657. The van der Waals surface area contributed by atoms with E-state index in [4.69, 9.17) is 5.73 Å². The Morgan fingerprint density at radius 3 is 2.74 bits per heavy atom. The molecule has 0 unspecified atom stereocenters. The van der Waals surface area contributed by atoms with E-state index >= 15 is 0 Å². The van der Waals surface area contributed by atoms with Crippen molar-refractivity contribution in [1.82, 2.24) is 9.97 Å². The molecule has 0 saturated heterocycles. The SMILES string of the molecule is Nc1nc2cccnc2c(OC(=O)C(F)(F)F)c1O. The van der Waals surface area contributed by atoms with Gasteiger partial charge in [0.2, 0.25) is 11.5 Å². The molecular formula is C10H6F3N3O3. The number of hydrogen-bond donors (Lipinski definition) is 2. The van der Waals surface area contributed by atoms with Crippen LogP contribution in [0.15, 0.2) is 18.3 Å². The summed E-state index contributed by atoms with van der Waals surface area (Å²) in [5.74, 6) is -4.60. The highest BCUT2D eigenvalue weighted by Crippen LogP contribution is 2.37. The van der Waals surface area contributed by atoms with Crippen LogP contribution in [0.5, 0.6) is 11.5 Å². The zero-order valence-corrected chi connectivity index (χ0v) is 9.10. The quantitative estimate of drug-likeness (QED) is 0.762. The molecule has 0 aliphatic rings. The number of halogens is 3. The molecule has 0 radical (unpaired) electrons. The van der Waals surface area contributed by atoms with Crippen molar-refractivity contribution in [1.29, 1.82) is 0 Å². The summed E-state index contributed by atoms with van der Waals surface area (Å²) in [6.45, 7) is 0. The third kappa shape index (κ3) is 2.34. The number of pyridine rings is 2. The Balaban J connectivity index is 2.59. The van der Waals surface area contributed by atoms with E-state index in [-0.39, 0.29) is 11.0 Å². The first-order valence-corrected chi connectivity index (χ1v) is 4.83. The molecule has 6 nitrogen and oxygen atoms in total. The molecule has 2 rings (SSSR count). The van der Waals surface area contributed by atoms with Crippen molar-refractivity contribution < 1.29 is 27.8 Å². The fraction of sp³-hybridized carbons (Fsp3) is 0.100. The van der Waals surface area contributed by atoms with Crippen molar-refractivity contribution in [3.8, 4) is 11.5 Å². The van der Waals surface area contributed by atoms with Crippen LogP contribution in [0.1, 0.15) is 0 Å². The third-order valence-corrected chi connectivity index (χ3v) is 2.13. The molecule has 0 aliphatic heterocycles. The maximum absolute atomic E-state index is 12.1. The van der Waals surface area contributed by atoms with Crippen LogP contribution in [0, 0.1) is 0 Å². The average molecular weight is 273 g/mol. The predicted molar refractivity (Wildman–Crippen MR) is 57.3 cm³/mol. The number of carbonyl (C=O) groups excluding carboxylic acids is 1. The zero-order chi connectivity index (χ0) is 14.2. The van der Waals surface area contributed by atoms with Crippen molar-refractivity contribution in [3.05, 3.63) is 18.3 Å². The van der Waals surface area contributed by atoms with Gasteiger partial charge in [-0.05, 0) is 12.1 Å². The van der Waals surface area contributed by atoms with E-state index in [1.54, 1.807) is 0 Å². The molecule has 0 aliphatic carbocycles. The molecular weight excluding hydrogens is 267 g/mol. The Kier molecular flexibility index (Phi) is 2.89. The first-order valence-electron chi connectivity index (χ1n) is 4.83. The molecule has 0 bridgehead atoms. The van der Waals surface area contributed by atoms with Gasteiger partial charge in [-0.25, -0.2) is 9.78 Å². The van der Waals surface area contributed by atoms with Crippen molar-refractivity contribution in [2.24, 2.45) is 0 Å². The molecule has 9 heteroatoms. The number of aromatic nitrogens is 2. The predicted octanol–water partition coefficient (Wildman–Crippen LogP) is 1.39. The highest BCUT2D eigenvalue weighted by Gasteiger charge is 2.42. The van der Waals surface area contributed by atoms with Gasteiger partial charge in [-0.2, -0.15) is 13.2 Å². The summed E-state index contributed by atoms with van der Waals surface area (Å²) in [5, 5.41) is 9.54. The number of rotatable bonds is 1. The lowest BCUT2D eigenvalue weighted by Gasteiger charge is -2.11. The number of carbonyl (C=O) groups is 1. The summed E-state index contributed by atoms with van der Waals surface area (Å²) in [5.41, 5.74) is 5.19. The van der Waals surface area contributed by atoms with Gasteiger partial charge >= 0.3 is 12.1 Å². The number of nitrogens with two attached hydrogens (primary N) is 1. The van der Waals surface area contributed by atoms with Crippen LogP contribution >= 0.6 is 0 Å². The summed E-state index contributed by atoms with van der Waals surface area (Å²) >= 11 is 0. The smallest absolute Gasteiger partial charge is 0.491 e. The molecule has 2 aromatic heterocycles. The lowest BCUT2D eigenvalue weighted by molar-refractivity contribution is -0.189. The lowest BCUT2D eigenvalue weighted by Crippen LogP contribution is -2.28. The number of anilines is 1. The van der Waals surface area contributed by atoms with Crippen molar-refractivity contribution in [2.75, 3.05) is 5.73 Å². The van der Waals surface area contributed by atoms with Crippen molar-refractivity contribution >= 4 is 22.8 Å². The van der Waals surface area contributed by atoms with Gasteiger partial charge in [0.05, 0.1) is 5.52 Å². The van der Waals surface area contributed by atoms with Gasteiger partial charge in [-0.3, -0.25) is 4.98 Å². The minimum atomic E-state index is -5.20. The van der Waals surface area contributed by atoms with Gasteiger partial charge in [-0.1, -0.05) is 0 Å². The summed E-state index contributed by atoms with van der Waals surface area (Å²) in [4.78, 5) is 18.2. The lowest BCUT2D eigenvalue weighted by atomic mass is 10.3. The Hall–Kier alpha value is -2.58. The van der Waals surface area contributed by atoms with Gasteiger partial charge in [-0.15, -0.1) is 0 Å². The van der Waals surface area contributed by atoms with Crippen LogP contribution in [0.3, 0.4) is 0 Å². The van der Waals surface area contributed by atoms with Crippen molar-refractivity contribution in [2.45, 2.75) is 6.18 Å². The van der Waals surface area contributed by atoms with E-state index in [0.717, 1.165) is 0 Å². The topological polar surface area (TPSA) is 98.3 Å². The number of ether oxygens (including phenoxy) is 1. The standard InChI is InChI=1S/C10H6F3N3O3/c11-10(12,13)9(18)19-7-5-4(2-1-3-15-5)16-8(14)6(7)17/h1-3,17H,(H2,14,16). The number of esters is 1. The first-order chi connectivity index (χ1) is 8.80. The van der Waals surface area contributed by atoms with Gasteiger partial charge in [0, 0.05) is 6.20 Å². The molecule has 100 valence electrons.